The van der Waals surface area contributed by atoms with Gasteiger partial charge in [0.15, 0.2) is 0 Å². The Balaban J connectivity index is 1.70. The van der Waals surface area contributed by atoms with Crippen LogP contribution in [0.1, 0.15) is 62.4 Å². The maximum atomic E-state index is 13.4. The third-order valence-corrected chi connectivity index (χ3v) is 7.36. The van der Waals surface area contributed by atoms with Crippen LogP contribution < -0.4 is 4.74 Å². The van der Waals surface area contributed by atoms with E-state index in [1.54, 1.807) is 23.1 Å². The Bertz CT molecular complexity index is 1190. The topological polar surface area (TPSA) is 79.3 Å². The van der Waals surface area contributed by atoms with Crippen LogP contribution in [0.3, 0.4) is 0 Å². The number of nitrogens with zero attached hydrogens (tertiary/aromatic N) is 2. The zero-order chi connectivity index (χ0) is 27.4. The summed E-state index contributed by atoms with van der Waals surface area (Å²) in [7, 11) is 0. The summed E-state index contributed by atoms with van der Waals surface area (Å²) >= 11 is 0. The average Bonchev–Trinajstić information content (AvgIpc) is 3.15. The summed E-state index contributed by atoms with van der Waals surface area (Å²) in [5, 5.41) is 11.4. The molecule has 0 aromatic heterocycles. The summed E-state index contributed by atoms with van der Waals surface area (Å²) < 4.78 is 11.1. The van der Waals surface area contributed by atoms with E-state index in [-0.39, 0.29) is 16.7 Å². The molecule has 0 aliphatic carbocycles. The number of amides is 1. The second-order valence-electron chi connectivity index (χ2n) is 11.1. The van der Waals surface area contributed by atoms with E-state index in [0.717, 1.165) is 48.5 Å². The highest BCUT2D eigenvalue weighted by Gasteiger charge is 2.46. The van der Waals surface area contributed by atoms with Gasteiger partial charge in [-0.05, 0) is 60.6 Å². The van der Waals surface area contributed by atoms with Gasteiger partial charge in [-0.15, -0.1) is 0 Å². The van der Waals surface area contributed by atoms with Crippen molar-refractivity contribution in [2.75, 3.05) is 46.0 Å². The fraction of sp³-hybridized carbons (Fsp3) is 0.484. The second-order valence-corrected chi connectivity index (χ2v) is 11.1. The molecule has 1 N–H and O–H groups in total. The Hall–Kier alpha value is -3.16. The first-order valence-corrected chi connectivity index (χ1v) is 13.5. The van der Waals surface area contributed by atoms with Crippen LogP contribution in [0, 0.1) is 6.92 Å². The Kier molecular flexibility index (Phi) is 8.58. The highest BCUT2D eigenvalue weighted by Crippen LogP contribution is 2.40. The first-order valence-electron chi connectivity index (χ1n) is 13.5. The third kappa shape index (κ3) is 5.94. The van der Waals surface area contributed by atoms with E-state index in [1.165, 1.54) is 0 Å². The molecule has 2 heterocycles. The molecule has 1 unspecified atom stereocenters. The molecule has 0 radical (unpaired) electrons. The summed E-state index contributed by atoms with van der Waals surface area (Å²) in [4.78, 5) is 30.7. The normalized spacial score (nSPS) is 20.2. The number of hydrogen-bond donors (Lipinski definition) is 1. The van der Waals surface area contributed by atoms with E-state index in [4.69, 9.17) is 9.47 Å². The molecule has 2 aliphatic heterocycles. The number of ketones is 1. The standard InChI is InChI=1S/C31H40N2O5/c1-6-38-25-13-10-23(20-21(25)2)28(34)26-27(22-8-11-24(12-9-22)31(3,4)5)33(30(36)29(26)35)15-7-14-32-16-18-37-19-17-32/h8-13,20,27,34H,6-7,14-19H2,1-5H3. The number of likely N-dealkylation sites (tertiary alicyclic amines) is 1. The van der Waals surface area contributed by atoms with E-state index >= 15 is 0 Å². The smallest absolute Gasteiger partial charge is 0.295 e. The van der Waals surface area contributed by atoms with Crippen molar-refractivity contribution in [3.63, 3.8) is 0 Å². The molecule has 2 aromatic rings. The number of ether oxygens (including phenoxy) is 2. The van der Waals surface area contributed by atoms with Crippen LogP contribution in [0.5, 0.6) is 5.75 Å². The lowest BCUT2D eigenvalue weighted by Crippen LogP contribution is -2.39. The monoisotopic (exact) mass is 520 g/mol. The molecule has 2 saturated heterocycles. The first kappa shape index (κ1) is 27.9. The number of carbonyl (C=O) groups is 2. The van der Waals surface area contributed by atoms with Crippen LogP contribution in [-0.2, 0) is 19.7 Å². The van der Waals surface area contributed by atoms with Crippen LogP contribution in [0.4, 0.5) is 0 Å². The minimum Gasteiger partial charge on any atom is -0.507 e. The van der Waals surface area contributed by atoms with Gasteiger partial charge < -0.3 is 19.5 Å². The Morgan fingerprint density at radius 1 is 1.05 bits per heavy atom. The second kappa shape index (κ2) is 11.7. The van der Waals surface area contributed by atoms with Gasteiger partial charge in [0.1, 0.15) is 11.5 Å². The molecule has 2 fully saturated rings. The fourth-order valence-corrected chi connectivity index (χ4v) is 5.18. The number of carbonyl (C=O) groups excluding carboxylic acids is 2. The minimum absolute atomic E-state index is 0.0294. The lowest BCUT2D eigenvalue weighted by molar-refractivity contribution is -0.140. The van der Waals surface area contributed by atoms with Crippen molar-refractivity contribution in [3.05, 3.63) is 70.3 Å². The third-order valence-electron chi connectivity index (χ3n) is 7.36. The molecule has 7 nitrogen and oxygen atoms in total. The summed E-state index contributed by atoms with van der Waals surface area (Å²) in [6.07, 6.45) is 0.728. The largest absolute Gasteiger partial charge is 0.507 e. The molecule has 7 heteroatoms. The van der Waals surface area contributed by atoms with Crippen molar-refractivity contribution in [3.8, 4) is 5.75 Å². The van der Waals surface area contributed by atoms with Gasteiger partial charge >= 0.3 is 0 Å². The van der Waals surface area contributed by atoms with Crippen molar-refractivity contribution >= 4 is 17.4 Å². The number of benzene rings is 2. The summed E-state index contributed by atoms with van der Waals surface area (Å²) in [6, 6.07) is 12.7. The van der Waals surface area contributed by atoms with Gasteiger partial charge in [0.2, 0.25) is 0 Å². The van der Waals surface area contributed by atoms with Gasteiger partial charge in [0, 0.05) is 31.7 Å². The van der Waals surface area contributed by atoms with E-state index in [9.17, 15) is 14.7 Å². The van der Waals surface area contributed by atoms with Crippen molar-refractivity contribution in [1.29, 1.82) is 0 Å². The molecule has 38 heavy (non-hydrogen) atoms. The van der Waals surface area contributed by atoms with Crippen LogP contribution in [0.15, 0.2) is 48.0 Å². The molecule has 0 spiro atoms. The van der Waals surface area contributed by atoms with Crippen molar-refractivity contribution in [2.24, 2.45) is 0 Å². The van der Waals surface area contributed by atoms with Crippen LogP contribution >= 0.6 is 0 Å². The fourth-order valence-electron chi connectivity index (χ4n) is 5.18. The average molecular weight is 521 g/mol. The van der Waals surface area contributed by atoms with Gasteiger partial charge in [-0.3, -0.25) is 14.5 Å². The molecule has 2 aromatic carbocycles. The van der Waals surface area contributed by atoms with Gasteiger partial charge in [-0.25, -0.2) is 0 Å². The summed E-state index contributed by atoms with van der Waals surface area (Å²) in [5.74, 6) is -0.650. The molecular formula is C31H40N2O5. The molecule has 0 bridgehead atoms. The lowest BCUT2D eigenvalue weighted by atomic mass is 9.85. The minimum atomic E-state index is -0.652. The van der Waals surface area contributed by atoms with E-state index in [0.29, 0.717) is 31.9 Å². The molecule has 204 valence electrons. The molecular weight excluding hydrogens is 480 g/mol. The van der Waals surface area contributed by atoms with E-state index in [2.05, 4.69) is 25.7 Å². The van der Waals surface area contributed by atoms with E-state index in [1.807, 2.05) is 38.1 Å². The molecule has 4 rings (SSSR count). The predicted octanol–water partition coefficient (Wildman–Crippen LogP) is 4.84. The van der Waals surface area contributed by atoms with Gasteiger partial charge in [0.25, 0.3) is 11.7 Å². The van der Waals surface area contributed by atoms with Crippen molar-refractivity contribution < 1.29 is 24.2 Å². The van der Waals surface area contributed by atoms with Gasteiger partial charge in [-0.2, -0.15) is 0 Å². The van der Waals surface area contributed by atoms with Crippen molar-refractivity contribution in [1.82, 2.24) is 9.80 Å². The number of aliphatic hydroxyl groups is 1. The summed E-state index contributed by atoms with van der Waals surface area (Å²) in [6.45, 7) is 15.2. The summed E-state index contributed by atoms with van der Waals surface area (Å²) in [5.41, 5.74) is 3.42. The predicted molar refractivity (Wildman–Crippen MR) is 148 cm³/mol. The zero-order valence-corrected chi connectivity index (χ0v) is 23.3. The van der Waals surface area contributed by atoms with Crippen LogP contribution in [-0.4, -0.2) is 72.6 Å². The number of aliphatic hydroxyl groups excluding tert-OH is 1. The zero-order valence-electron chi connectivity index (χ0n) is 23.3. The number of aryl methyl sites for hydroxylation is 1. The molecule has 1 amide bonds. The first-order chi connectivity index (χ1) is 18.1. The molecule has 0 saturated carbocycles. The maximum absolute atomic E-state index is 13.4. The SMILES string of the molecule is CCOc1ccc(C(O)=C2C(=O)C(=O)N(CCCN3CCOCC3)C2c2ccc(C(C)(C)C)cc2)cc1C. The van der Waals surface area contributed by atoms with Gasteiger partial charge in [-0.1, -0.05) is 45.0 Å². The Labute approximate surface area is 226 Å². The molecule has 2 aliphatic rings. The number of rotatable bonds is 8. The van der Waals surface area contributed by atoms with Gasteiger partial charge in [0.05, 0.1) is 31.4 Å². The highest BCUT2D eigenvalue weighted by atomic mass is 16.5. The molecule has 1 atom stereocenters. The lowest BCUT2D eigenvalue weighted by Gasteiger charge is -2.29. The number of morpholine rings is 1. The number of hydrogen-bond acceptors (Lipinski definition) is 6. The van der Waals surface area contributed by atoms with Crippen LogP contribution in [0.25, 0.3) is 5.76 Å². The van der Waals surface area contributed by atoms with E-state index < -0.39 is 17.7 Å². The maximum Gasteiger partial charge on any atom is 0.295 e. The Morgan fingerprint density at radius 2 is 1.74 bits per heavy atom. The number of Topliss-reactive ketones (excluding diaryl/α,β-unsaturated/α-hetero) is 1. The Morgan fingerprint density at radius 3 is 2.34 bits per heavy atom. The van der Waals surface area contributed by atoms with Crippen molar-refractivity contribution in [2.45, 2.75) is 52.5 Å². The quantitative estimate of drug-likeness (QED) is 0.305. The van der Waals surface area contributed by atoms with Crippen LogP contribution in [0.2, 0.25) is 0 Å². The highest BCUT2D eigenvalue weighted by molar-refractivity contribution is 6.46.